The van der Waals surface area contributed by atoms with Crippen molar-refractivity contribution in [1.29, 1.82) is 0 Å². The monoisotopic (exact) mass is 177 g/mol. The first kappa shape index (κ1) is 11.2. The molecular formula is C9H20ClN. The van der Waals surface area contributed by atoms with Gasteiger partial charge in [-0.25, -0.2) is 0 Å². The van der Waals surface area contributed by atoms with Crippen molar-refractivity contribution in [3.05, 3.63) is 0 Å². The van der Waals surface area contributed by atoms with Crippen LogP contribution in [0.1, 0.15) is 34.1 Å². The lowest BCUT2D eigenvalue weighted by atomic mass is 10.1. The third-order valence-corrected chi connectivity index (χ3v) is 1.81. The number of rotatable bonds is 5. The minimum atomic E-state index is 0.289. The lowest BCUT2D eigenvalue weighted by Crippen LogP contribution is -2.29. The molecular weight excluding hydrogens is 158 g/mol. The summed E-state index contributed by atoms with van der Waals surface area (Å²) in [5.41, 5.74) is 0. The van der Waals surface area contributed by atoms with Crippen LogP contribution in [0.2, 0.25) is 0 Å². The maximum Gasteiger partial charge on any atom is 0.0463 e. The summed E-state index contributed by atoms with van der Waals surface area (Å²) in [5, 5.41) is 3.61. The van der Waals surface area contributed by atoms with Crippen molar-refractivity contribution in [2.24, 2.45) is 5.92 Å². The molecule has 0 saturated heterocycles. The Morgan fingerprint density at radius 1 is 1.18 bits per heavy atom. The number of hydrogen-bond donors (Lipinski definition) is 1. The van der Waals surface area contributed by atoms with Crippen molar-refractivity contribution in [3.63, 3.8) is 0 Å². The first-order valence-corrected chi connectivity index (χ1v) is 4.83. The zero-order valence-electron chi connectivity index (χ0n) is 8.02. The summed E-state index contributed by atoms with van der Waals surface area (Å²) in [6, 6.07) is 0.545. The van der Waals surface area contributed by atoms with E-state index in [1.165, 1.54) is 0 Å². The van der Waals surface area contributed by atoms with E-state index in [0.717, 1.165) is 13.0 Å². The highest BCUT2D eigenvalue weighted by Crippen LogP contribution is 2.09. The zero-order chi connectivity index (χ0) is 8.85. The summed E-state index contributed by atoms with van der Waals surface area (Å²) in [5.74, 6) is 0.700. The molecule has 1 N–H and O–H groups in total. The average molecular weight is 178 g/mol. The molecule has 0 aliphatic rings. The minimum absolute atomic E-state index is 0.289. The Kier molecular flexibility index (Phi) is 5.98. The summed E-state index contributed by atoms with van der Waals surface area (Å²) in [7, 11) is 0. The first-order chi connectivity index (χ1) is 5.02. The Balaban J connectivity index is 3.29. The van der Waals surface area contributed by atoms with Gasteiger partial charge < -0.3 is 5.32 Å². The van der Waals surface area contributed by atoms with Crippen LogP contribution in [0.25, 0.3) is 0 Å². The molecule has 0 aromatic carbocycles. The molecule has 68 valence electrons. The van der Waals surface area contributed by atoms with E-state index in [1.807, 2.05) is 0 Å². The average Bonchev–Trinajstić information content (AvgIpc) is 1.82. The number of alkyl halides is 1. The molecule has 1 nitrogen and oxygen atoms in total. The molecule has 0 radical (unpaired) electrons. The predicted molar refractivity (Wildman–Crippen MR) is 52.2 cm³/mol. The molecule has 0 bridgehead atoms. The minimum Gasteiger partial charge on any atom is -0.313 e. The van der Waals surface area contributed by atoms with Gasteiger partial charge in [0, 0.05) is 18.0 Å². The van der Waals surface area contributed by atoms with Crippen LogP contribution in [0.15, 0.2) is 0 Å². The lowest BCUT2D eigenvalue weighted by molar-refractivity contribution is 0.509. The maximum absolute atomic E-state index is 6.06. The Hall–Kier alpha value is 0.250. The Morgan fingerprint density at radius 3 is 2.09 bits per heavy atom. The Bertz CT molecular complexity index is 91.6. The van der Waals surface area contributed by atoms with E-state index in [4.69, 9.17) is 11.6 Å². The highest BCUT2D eigenvalue weighted by molar-refractivity contribution is 6.20. The van der Waals surface area contributed by atoms with Gasteiger partial charge >= 0.3 is 0 Å². The van der Waals surface area contributed by atoms with Gasteiger partial charge in [-0.1, -0.05) is 27.7 Å². The van der Waals surface area contributed by atoms with Crippen molar-refractivity contribution in [1.82, 2.24) is 5.32 Å². The molecule has 0 fully saturated rings. The van der Waals surface area contributed by atoms with E-state index >= 15 is 0 Å². The van der Waals surface area contributed by atoms with E-state index in [2.05, 4.69) is 33.0 Å². The van der Waals surface area contributed by atoms with Gasteiger partial charge in [0.2, 0.25) is 0 Å². The van der Waals surface area contributed by atoms with Crippen LogP contribution >= 0.6 is 11.6 Å². The molecule has 2 heteroatoms. The Labute approximate surface area is 75.5 Å². The molecule has 0 spiro atoms. The number of nitrogens with one attached hydrogen (secondary N) is 1. The second-order valence-corrected chi connectivity index (χ2v) is 4.41. The molecule has 0 saturated carbocycles. The maximum atomic E-state index is 6.06. The first-order valence-electron chi connectivity index (χ1n) is 4.39. The van der Waals surface area contributed by atoms with Crippen molar-refractivity contribution in [2.75, 3.05) is 6.54 Å². The van der Waals surface area contributed by atoms with Crippen LogP contribution < -0.4 is 5.32 Å². The van der Waals surface area contributed by atoms with Crippen molar-refractivity contribution < 1.29 is 0 Å². The molecule has 1 atom stereocenters. The third kappa shape index (κ3) is 8.15. The second-order valence-electron chi connectivity index (χ2n) is 3.79. The van der Waals surface area contributed by atoms with E-state index in [-0.39, 0.29) is 5.38 Å². The van der Waals surface area contributed by atoms with Crippen molar-refractivity contribution in [3.8, 4) is 0 Å². The van der Waals surface area contributed by atoms with Crippen LogP contribution in [0.5, 0.6) is 0 Å². The summed E-state index contributed by atoms with van der Waals surface area (Å²) >= 11 is 6.06. The van der Waals surface area contributed by atoms with Crippen molar-refractivity contribution in [2.45, 2.75) is 45.5 Å². The van der Waals surface area contributed by atoms with Crippen LogP contribution in [-0.2, 0) is 0 Å². The molecule has 0 rings (SSSR count). The summed E-state index contributed by atoms with van der Waals surface area (Å²) < 4.78 is 0. The van der Waals surface area contributed by atoms with Gasteiger partial charge in [0.15, 0.2) is 0 Å². The van der Waals surface area contributed by atoms with Gasteiger partial charge in [-0.3, -0.25) is 0 Å². The topological polar surface area (TPSA) is 12.0 Å². The van der Waals surface area contributed by atoms with Gasteiger partial charge in [0.25, 0.3) is 0 Å². The van der Waals surface area contributed by atoms with E-state index in [1.54, 1.807) is 0 Å². The normalized spacial score (nSPS) is 14.5. The van der Waals surface area contributed by atoms with Gasteiger partial charge in [0.05, 0.1) is 0 Å². The van der Waals surface area contributed by atoms with Crippen LogP contribution in [-0.4, -0.2) is 18.0 Å². The highest BCUT2D eigenvalue weighted by Gasteiger charge is 2.06. The van der Waals surface area contributed by atoms with Gasteiger partial charge in [0.1, 0.15) is 0 Å². The fourth-order valence-corrected chi connectivity index (χ4v) is 1.40. The molecule has 0 heterocycles. The van der Waals surface area contributed by atoms with E-state index in [0.29, 0.717) is 12.0 Å². The quantitative estimate of drug-likeness (QED) is 0.637. The molecule has 0 aliphatic carbocycles. The summed E-state index contributed by atoms with van der Waals surface area (Å²) in [6.07, 6.45) is 1.10. The number of halogens is 1. The highest BCUT2D eigenvalue weighted by atomic mass is 35.5. The summed E-state index contributed by atoms with van der Waals surface area (Å²) in [6.45, 7) is 9.60. The van der Waals surface area contributed by atoms with E-state index < -0.39 is 0 Å². The fraction of sp³-hybridized carbons (Fsp3) is 1.00. The molecule has 0 unspecified atom stereocenters. The zero-order valence-corrected chi connectivity index (χ0v) is 8.78. The standard InChI is InChI=1S/C9H20ClN/c1-7(2)5-9(10)6-11-8(3)4/h7-9,11H,5-6H2,1-4H3/t9-/m0/s1. The lowest BCUT2D eigenvalue weighted by Gasteiger charge is -2.14. The van der Waals surface area contributed by atoms with Gasteiger partial charge in [-0.15, -0.1) is 11.6 Å². The summed E-state index contributed by atoms with van der Waals surface area (Å²) in [4.78, 5) is 0. The second kappa shape index (κ2) is 5.84. The largest absolute Gasteiger partial charge is 0.313 e. The predicted octanol–water partition coefficient (Wildman–Crippen LogP) is 2.64. The van der Waals surface area contributed by atoms with Crippen LogP contribution in [0, 0.1) is 5.92 Å². The molecule has 0 aromatic heterocycles. The molecule has 11 heavy (non-hydrogen) atoms. The Morgan fingerprint density at radius 2 is 1.73 bits per heavy atom. The van der Waals surface area contributed by atoms with E-state index in [9.17, 15) is 0 Å². The van der Waals surface area contributed by atoms with Crippen LogP contribution in [0.4, 0.5) is 0 Å². The van der Waals surface area contributed by atoms with Gasteiger partial charge in [-0.2, -0.15) is 0 Å². The molecule has 0 aromatic rings. The smallest absolute Gasteiger partial charge is 0.0463 e. The fourth-order valence-electron chi connectivity index (χ4n) is 0.958. The molecule has 0 aliphatic heterocycles. The van der Waals surface area contributed by atoms with Gasteiger partial charge in [-0.05, 0) is 12.3 Å². The SMILES string of the molecule is CC(C)C[C@H](Cl)CNC(C)C. The van der Waals surface area contributed by atoms with Crippen molar-refractivity contribution >= 4 is 11.6 Å². The molecule has 0 amide bonds. The number of hydrogen-bond acceptors (Lipinski definition) is 1. The third-order valence-electron chi connectivity index (χ3n) is 1.47. The van der Waals surface area contributed by atoms with Crippen LogP contribution in [0.3, 0.4) is 0 Å².